The van der Waals surface area contributed by atoms with E-state index in [1.165, 1.54) is 5.56 Å². The number of hydrogen-bond acceptors (Lipinski definition) is 5. The Hall–Kier alpha value is -2.38. The van der Waals surface area contributed by atoms with Crippen molar-refractivity contribution in [1.29, 1.82) is 0 Å². The predicted molar refractivity (Wildman–Crippen MR) is 110 cm³/mol. The number of hydrogen-bond donors (Lipinski definition) is 2. The van der Waals surface area contributed by atoms with Gasteiger partial charge in [0.2, 0.25) is 10.0 Å². The van der Waals surface area contributed by atoms with Crippen LogP contribution in [0.15, 0.2) is 53.9 Å². The van der Waals surface area contributed by atoms with Crippen LogP contribution in [0.1, 0.15) is 18.9 Å². The first kappa shape index (κ1) is 18.4. The Balaban J connectivity index is 1.76. The summed E-state index contributed by atoms with van der Waals surface area (Å²) in [7, 11) is -3.27. The van der Waals surface area contributed by atoms with Crippen LogP contribution in [0.5, 0.6) is 0 Å². The molecule has 0 aliphatic carbocycles. The molecule has 0 radical (unpaired) electrons. The molecule has 0 aliphatic rings. The van der Waals surface area contributed by atoms with E-state index < -0.39 is 10.0 Å². The topological polar surface area (TPSA) is 71.1 Å². The van der Waals surface area contributed by atoms with Crippen LogP contribution in [0.2, 0.25) is 0 Å². The Morgan fingerprint density at radius 3 is 2.50 bits per heavy atom. The smallest absolute Gasteiger partial charge is 0.229 e. The van der Waals surface area contributed by atoms with E-state index >= 15 is 0 Å². The Morgan fingerprint density at radius 1 is 1.08 bits per heavy atom. The van der Waals surface area contributed by atoms with Gasteiger partial charge in [0.15, 0.2) is 5.13 Å². The SMILES string of the molecule is CCCc1ccccc1Nc1nc(-c2ccc(NS(C)(=O)=O)cc2)cs1. The summed E-state index contributed by atoms with van der Waals surface area (Å²) in [5.74, 6) is 0. The first-order valence-corrected chi connectivity index (χ1v) is 11.1. The molecule has 0 saturated heterocycles. The van der Waals surface area contributed by atoms with Crippen LogP contribution < -0.4 is 10.0 Å². The Morgan fingerprint density at radius 2 is 1.81 bits per heavy atom. The van der Waals surface area contributed by atoms with E-state index in [4.69, 9.17) is 0 Å². The summed E-state index contributed by atoms with van der Waals surface area (Å²) < 4.78 is 25.0. The summed E-state index contributed by atoms with van der Waals surface area (Å²) in [4.78, 5) is 4.65. The van der Waals surface area contributed by atoms with Crippen LogP contribution in [-0.2, 0) is 16.4 Å². The fraction of sp³-hybridized carbons (Fsp3) is 0.211. The lowest BCUT2D eigenvalue weighted by molar-refractivity contribution is 0.607. The lowest BCUT2D eigenvalue weighted by Gasteiger charge is -2.09. The number of benzene rings is 2. The normalized spacial score (nSPS) is 11.3. The van der Waals surface area contributed by atoms with E-state index in [-0.39, 0.29) is 0 Å². The fourth-order valence-corrected chi connectivity index (χ4v) is 3.93. The largest absolute Gasteiger partial charge is 0.331 e. The molecule has 2 aromatic carbocycles. The summed E-state index contributed by atoms with van der Waals surface area (Å²) >= 11 is 1.55. The van der Waals surface area contributed by atoms with E-state index in [1.54, 1.807) is 23.5 Å². The Kier molecular flexibility index (Phi) is 5.58. The highest BCUT2D eigenvalue weighted by molar-refractivity contribution is 7.92. The van der Waals surface area contributed by atoms with Crippen LogP contribution >= 0.6 is 11.3 Å². The lowest BCUT2D eigenvalue weighted by Crippen LogP contribution is -2.09. The van der Waals surface area contributed by atoms with Gasteiger partial charge in [-0.3, -0.25) is 4.72 Å². The van der Waals surface area contributed by atoms with Crippen molar-refractivity contribution in [1.82, 2.24) is 4.98 Å². The van der Waals surface area contributed by atoms with Crippen LogP contribution in [0.4, 0.5) is 16.5 Å². The number of aromatic nitrogens is 1. The van der Waals surface area contributed by atoms with Gasteiger partial charge in [-0.1, -0.05) is 43.7 Å². The van der Waals surface area contributed by atoms with E-state index in [1.807, 2.05) is 23.6 Å². The minimum Gasteiger partial charge on any atom is -0.331 e. The summed E-state index contributed by atoms with van der Waals surface area (Å²) in [6, 6.07) is 15.5. The van der Waals surface area contributed by atoms with E-state index in [0.29, 0.717) is 5.69 Å². The molecule has 3 rings (SSSR count). The molecule has 0 fully saturated rings. The van der Waals surface area contributed by atoms with Crippen LogP contribution in [-0.4, -0.2) is 19.7 Å². The summed E-state index contributed by atoms with van der Waals surface area (Å²) in [6.45, 7) is 2.17. The fourth-order valence-electron chi connectivity index (χ4n) is 2.63. The number of anilines is 3. The molecule has 0 saturated carbocycles. The third-order valence-corrected chi connectivity index (χ3v) is 5.13. The number of aryl methyl sites for hydroxylation is 1. The number of rotatable bonds is 7. The average Bonchev–Trinajstić information content (AvgIpc) is 3.05. The number of nitrogens with zero attached hydrogens (tertiary/aromatic N) is 1. The summed E-state index contributed by atoms with van der Waals surface area (Å²) in [5.41, 5.74) is 4.70. The maximum atomic E-state index is 11.3. The number of sulfonamides is 1. The van der Waals surface area contributed by atoms with E-state index in [0.717, 1.165) is 41.2 Å². The number of thiazole rings is 1. The minimum absolute atomic E-state index is 0.540. The van der Waals surface area contributed by atoms with Gasteiger partial charge < -0.3 is 5.32 Å². The maximum Gasteiger partial charge on any atom is 0.229 e. The third-order valence-electron chi connectivity index (χ3n) is 3.77. The third kappa shape index (κ3) is 4.83. The summed E-state index contributed by atoms with van der Waals surface area (Å²) in [6.07, 6.45) is 3.25. The molecule has 0 spiro atoms. The molecule has 1 aromatic heterocycles. The molecular formula is C19H21N3O2S2. The highest BCUT2D eigenvalue weighted by atomic mass is 32.2. The highest BCUT2D eigenvalue weighted by Gasteiger charge is 2.08. The zero-order valence-electron chi connectivity index (χ0n) is 14.7. The Labute approximate surface area is 158 Å². The van der Waals surface area contributed by atoms with Crippen molar-refractivity contribution < 1.29 is 8.42 Å². The van der Waals surface area contributed by atoms with E-state index in [2.05, 4.69) is 40.1 Å². The lowest BCUT2D eigenvalue weighted by atomic mass is 10.1. The van der Waals surface area contributed by atoms with Gasteiger partial charge >= 0.3 is 0 Å². The minimum atomic E-state index is -3.27. The van der Waals surface area contributed by atoms with Gasteiger partial charge in [-0.05, 0) is 30.2 Å². The second-order valence-electron chi connectivity index (χ2n) is 6.02. The first-order chi connectivity index (χ1) is 12.4. The van der Waals surface area contributed by atoms with Crippen molar-refractivity contribution in [3.63, 3.8) is 0 Å². The standard InChI is InChI=1S/C19H21N3O2S2/c1-3-6-14-7-4-5-8-17(14)20-19-21-18(13-25-19)15-9-11-16(12-10-15)22-26(2,23)24/h4-5,7-13,22H,3,6H2,1-2H3,(H,20,21). The molecule has 0 amide bonds. The van der Waals surface area contributed by atoms with Crippen LogP contribution in [0, 0.1) is 0 Å². The van der Waals surface area contributed by atoms with Gasteiger partial charge in [0.1, 0.15) is 0 Å². The molecule has 5 nitrogen and oxygen atoms in total. The van der Waals surface area contributed by atoms with Gasteiger partial charge in [-0.25, -0.2) is 13.4 Å². The van der Waals surface area contributed by atoms with Crippen molar-refractivity contribution in [2.45, 2.75) is 19.8 Å². The molecule has 0 unspecified atom stereocenters. The second-order valence-corrected chi connectivity index (χ2v) is 8.63. The molecular weight excluding hydrogens is 366 g/mol. The van der Waals surface area contributed by atoms with Crippen LogP contribution in [0.25, 0.3) is 11.3 Å². The molecule has 136 valence electrons. The number of para-hydroxylation sites is 1. The van der Waals surface area contributed by atoms with Crippen molar-refractivity contribution in [2.24, 2.45) is 0 Å². The Bertz CT molecular complexity index is 980. The van der Waals surface area contributed by atoms with Gasteiger partial charge in [-0.2, -0.15) is 0 Å². The number of nitrogens with one attached hydrogen (secondary N) is 2. The second kappa shape index (κ2) is 7.88. The molecule has 2 N–H and O–H groups in total. The maximum absolute atomic E-state index is 11.3. The van der Waals surface area contributed by atoms with Gasteiger partial charge in [-0.15, -0.1) is 11.3 Å². The predicted octanol–water partition coefficient (Wildman–Crippen LogP) is 4.88. The molecule has 3 aromatic rings. The summed E-state index contributed by atoms with van der Waals surface area (Å²) in [5, 5.41) is 6.23. The monoisotopic (exact) mass is 387 g/mol. The van der Waals surface area contributed by atoms with Crippen molar-refractivity contribution in [2.75, 3.05) is 16.3 Å². The van der Waals surface area contributed by atoms with Crippen molar-refractivity contribution >= 4 is 37.9 Å². The van der Waals surface area contributed by atoms with Gasteiger partial charge in [0.05, 0.1) is 11.9 Å². The van der Waals surface area contributed by atoms with E-state index in [9.17, 15) is 8.42 Å². The molecule has 0 atom stereocenters. The zero-order valence-corrected chi connectivity index (χ0v) is 16.3. The van der Waals surface area contributed by atoms with Crippen LogP contribution in [0.3, 0.4) is 0 Å². The highest BCUT2D eigenvalue weighted by Crippen LogP contribution is 2.29. The molecule has 7 heteroatoms. The van der Waals surface area contributed by atoms with Gasteiger partial charge in [0.25, 0.3) is 0 Å². The van der Waals surface area contributed by atoms with Crippen molar-refractivity contribution in [3.8, 4) is 11.3 Å². The molecule has 0 aliphatic heterocycles. The molecule has 1 heterocycles. The average molecular weight is 388 g/mol. The van der Waals surface area contributed by atoms with Gasteiger partial charge in [0, 0.05) is 22.3 Å². The molecule has 0 bridgehead atoms. The quantitative estimate of drug-likeness (QED) is 0.606. The van der Waals surface area contributed by atoms with Crippen molar-refractivity contribution in [3.05, 3.63) is 59.5 Å². The zero-order chi connectivity index (χ0) is 18.6. The molecule has 26 heavy (non-hydrogen) atoms. The first-order valence-electron chi connectivity index (χ1n) is 8.33.